The molecule has 1 aliphatic carbocycles. The van der Waals surface area contributed by atoms with Crippen LogP contribution in [0.3, 0.4) is 0 Å². The number of aliphatic carboxylic acids is 1. The maximum absolute atomic E-state index is 11.3. The molecule has 74 valence electrons. The predicted octanol–water partition coefficient (Wildman–Crippen LogP) is 1.06. The molecule has 4 nitrogen and oxygen atoms in total. The normalized spacial score (nSPS) is 40.2. The van der Waals surface area contributed by atoms with Crippen LogP contribution in [0.4, 0.5) is 0 Å². The third-order valence-electron chi connectivity index (χ3n) is 3.35. The minimum Gasteiger partial charge on any atom is -0.785 e. The van der Waals surface area contributed by atoms with Crippen LogP contribution in [-0.2, 0) is 4.79 Å². The van der Waals surface area contributed by atoms with Crippen molar-refractivity contribution in [1.29, 1.82) is 0 Å². The van der Waals surface area contributed by atoms with Gasteiger partial charge >= 0.3 is 5.97 Å². The Labute approximate surface area is 77.1 Å². The van der Waals surface area contributed by atoms with E-state index >= 15 is 0 Å². The number of nitrogens with zero attached hydrogens (tertiary/aromatic N) is 1. The molecular weight excluding hydrogens is 170 g/mol. The second-order valence-corrected chi connectivity index (χ2v) is 4.09. The van der Waals surface area contributed by atoms with E-state index in [1.54, 1.807) is 0 Å². The fourth-order valence-electron chi connectivity index (χ4n) is 2.74. The molecule has 0 aromatic heterocycles. The number of fused-ring (bicyclic) bond motifs is 1. The van der Waals surface area contributed by atoms with Gasteiger partial charge in [-0.2, -0.15) is 0 Å². The predicted molar refractivity (Wildman–Crippen MR) is 46.9 cm³/mol. The molecule has 1 N–H and O–H groups in total. The molecule has 2 aliphatic rings. The average Bonchev–Trinajstić information content (AvgIpc) is 2.39. The maximum atomic E-state index is 11.3. The minimum atomic E-state index is -0.940. The van der Waals surface area contributed by atoms with E-state index in [1.807, 2.05) is 0 Å². The molecule has 3 unspecified atom stereocenters. The van der Waals surface area contributed by atoms with Crippen molar-refractivity contribution in [3.05, 3.63) is 5.21 Å². The van der Waals surface area contributed by atoms with Gasteiger partial charge in [0.15, 0.2) is 0 Å². The second kappa shape index (κ2) is 3.27. The number of hydrogen-bond donors (Lipinski definition) is 1. The van der Waals surface area contributed by atoms with E-state index in [2.05, 4.69) is 0 Å². The van der Waals surface area contributed by atoms with E-state index in [-0.39, 0.29) is 5.92 Å². The van der Waals surface area contributed by atoms with E-state index in [9.17, 15) is 10.0 Å². The fourth-order valence-corrected chi connectivity index (χ4v) is 2.74. The number of hydrogen-bond acceptors (Lipinski definition) is 3. The van der Waals surface area contributed by atoms with Gasteiger partial charge < -0.3 is 15.4 Å². The molecule has 0 aromatic carbocycles. The number of carboxylic acid groups (broad SMARTS) is 1. The van der Waals surface area contributed by atoms with Gasteiger partial charge in [-0.25, -0.2) is 0 Å². The molecule has 1 aliphatic heterocycles. The highest BCUT2D eigenvalue weighted by Crippen LogP contribution is 2.39. The Bertz CT molecular complexity index is 219. The van der Waals surface area contributed by atoms with Crippen molar-refractivity contribution in [1.82, 2.24) is 5.06 Å². The van der Waals surface area contributed by atoms with E-state index in [0.717, 1.165) is 30.7 Å². The quantitative estimate of drug-likeness (QED) is 0.661. The highest BCUT2D eigenvalue weighted by molar-refractivity contribution is 5.74. The van der Waals surface area contributed by atoms with E-state index in [0.29, 0.717) is 12.5 Å². The fraction of sp³-hybridized carbons (Fsp3) is 0.889. The lowest BCUT2D eigenvalue weighted by Gasteiger charge is -2.30. The molecule has 13 heavy (non-hydrogen) atoms. The first-order valence-corrected chi connectivity index (χ1v) is 4.86. The average molecular weight is 184 g/mol. The smallest absolute Gasteiger partial charge is 0.320 e. The van der Waals surface area contributed by atoms with Gasteiger partial charge in [0.05, 0.1) is 6.04 Å². The SMILES string of the molecule is O=C(O)C1C2CCCCC2CN1[O-]. The van der Waals surface area contributed by atoms with Crippen LogP contribution < -0.4 is 0 Å². The lowest BCUT2D eigenvalue weighted by atomic mass is 9.78. The zero-order valence-electron chi connectivity index (χ0n) is 7.48. The Morgan fingerprint density at radius 1 is 1.38 bits per heavy atom. The molecule has 2 rings (SSSR count). The first kappa shape index (κ1) is 8.97. The molecule has 2 fully saturated rings. The van der Waals surface area contributed by atoms with Crippen molar-refractivity contribution in [3.63, 3.8) is 0 Å². The zero-order valence-corrected chi connectivity index (χ0v) is 7.48. The van der Waals surface area contributed by atoms with Crippen LogP contribution in [0.15, 0.2) is 0 Å². The van der Waals surface area contributed by atoms with Crippen LogP contribution in [0.2, 0.25) is 0 Å². The summed E-state index contributed by atoms with van der Waals surface area (Å²) in [4.78, 5) is 10.8. The third-order valence-corrected chi connectivity index (χ3v) is 3.35. The Kier molecular flexibility index (Phi) is 2.26. The Morgan fingerprint density at radius 3 is 2.77 bits per heavy atom. The van der Waals surface area contributed by atoms with E-state index < -0.39 is 12.0 Å². The monoisotopic (exact) mass is 184 g/mol. The molecule has 0 spiro atoms. The molecule has 1 saturated carbocycles. The Hall–Kier alpha value is -0.610. The summed E-state index contributed by atoms with van der Waals surface area (Å²) < 4.78 is 0. The molecule has 3 atom stereocenters. The summed E-state index contributed by atoms with van der Waals surface area (Å²) in [5.41, 5.74) is 0. The van der Waals surface area contributed by atoms with Gasteiger partial charge in [0.25, 0.3) is 0 Å². The highest BCUT2D eigenvalue weighted by atomic mass is 16.5. The molecule has 0 aromatic rings. The van der Waals surface area contributed by atoms with Crippen molar-refractivity contribution in [3.8, 4) is 0 Å². The molecular formula is C9H14NO3-. The largest absolute Gasteiger partial charge is 0.785 e. The van der Waals surface area contributed by atoms with Gasteiger partial charge in [-0.05, 0) is 31.2 Å². The Balaban J connectivity index is 2.13. The molecule has 0 radical (unpaired) electrons. The van der Waals surface area contributed by atoms with Gasteiger partial charge in [-0.15, -0.1) is 0 Å². The number of rotatable bonds is 1. The first-order valence-electron chi connectivity index (χ1n) is 4.86. The molecule has 4 heteroatoms. The zero-order chi connectivity index (χ0) is 9.42. The maximum Gasteiger partial charge on any atom is 0.320 e. The van der Waals surface area contributed by atoms with Crippen LogP contribution in [0.25, 0.3) is 0 Å². The van der Waals surface area contributed by atoms with Crippen LogP contribution >= 0.6 is 0 Å². The van der Waals surface area contributed by atoms with Crippen molar-refractivity contribution in [2.45, 2.75) is 31.7 Å². The van der Waals surface area contributed by atoms with Crippen molar-refractivity contribution >= 4 is 5.97 Å². The van der Waals surface area contributed by atoms with Gasteiger partial charge in [-0.3, -0.25) is 4.79 Å². The van der Waals surface area contributed by atoms with E-state index in [4.69, 9.17) is 5.11 Å². The van der Waals surface area contributed by atoms with Crippen LogP contribution in [-0.4, -0.2) is 28.7 Å². The molecule has 0 bridgehead atoms. The summed E-state index contributed by atoms with van der Waals surface area (Å²) in [6.45, 7) is 0.432. The second-order valence-electron chi connectivity index (χ2n) is 4.09. The van der Waals surface area contributed by atoms with Gasteiger partial charge in [0.1, 0.15) is 0 Å². The van der Waals surface area contributed by atoms with Crippen molar-refractivity contribution in [2.75, 3.05) is 6.54 Å². The summed E-state index contributed by atoms with van der Waals surface area (Å²) in [5.74, 6) is -0.486. The highest BCUT2D eigenvalue weighted by Gasteiger charge is 2.42. The van der Waals surface area contributed by atoms with Crippen LogP contribution in [0.1, 0.15) is 25.7 Å². The minimum absolute atomic E-state index is 0.115. The number of hydroxylamine groups is 2. The number of carboxylic acids is 1. The third kappa shape index (κ3) is 1.44. The standard InChI is InChI=1S/C9H14NO3/c11-9(12)8-7-4-2-1-3-6(7)5-10(8)13/h6-8H,1-5H2,(H,11,12)/q-1. The van der Waals surface area contributed by atoms with Gasteiger partial charge in [0.2, 0.25) is 0 Å². The summed E-state index contributed by atoms with van der Waals surface area (Å²) in [6, 6.07) is -0.759. The summed E-state index contributed by atoms with van der Waals surface area (Å²) >= 11 is 0. The number of carbonyl (C=O) groups is 1. The topological polar surface area (TPSA) is 63.6 Å². The van der Waals surface area contributed by atoms with Gasteiger partial charge in [0, 0.05) is 0 Å². The van der Waals surface area contributed by atoms with Gasteiger partial charge in [-0.1, -0.05) is 12.8 Å². The van der Waals surface area contributed by atoms with Crippen LogP contribution in [0.5, 0.6) is 0 Å². The first-order chi connectivity index (χ1) is 6.20. The summed E-state index contributed by atoms with van der Waals surface area (Å²) in [7, 11) is 0. The molecule has 1 saturated heterocycles. The molecule has 0 amide bonds. The molecule has 1 heterocycles. The lowest BCUT2D eigenvalue weighted by molar-refractivity contribution is -0.142. The van der Waals surface area contributed by atoms with Crippen molar-refractivity contribution in [2.24, 2.45) is 11.8 Å². The Morgan fingerprint density at radius 2 is 2.08 bits per heavy atom. The lowest BCUT2D eigenvalue weighted by Crippen LogP contribution is -2.36. The van der Waals surface area contributed by atoms with Crippen LogP contribution in [0, 0.1) is 17.0 Å². The van der Waals surface area contributed by atoms with Crippen molar-refractivity contribution < 1.29 is 9.90 Å². The summed E-state index contributed by atoms with van der Waals surface area (Å²) in [6.07, 6.45) is 4.19. The summed E-state index contributed by atoms with van der Waals surface area (Å²) in [5, 5.41) is 21.0. The van der Waals surface area contributed by atoms with E-state index in [1.165, 1.54) is 0 Å².